The fourth-order valence-corrected chi connectivity index (χ4v) is 2.93. The largest absolute Gasteiger partial charge is 0.346 e. The van der Waals surface area contributed by atoms with Gasteiger partial charge in [0.15, 0.2) is 0 Å². The van der Waals surface area contributed by atoms with Crippen LogP contribution in [0.3, 0.4) is 0 Å². The van der Waals surface area contributed by atoms with Crippen LogP contribution < -0.4 is 5.32 Å². The molecule has 1 aliphatic rings. The molecule has 2 aromatic carbocycles. The molecule has 0 saturated carbocycles. The van der Waals surface area contributed by atoms with Crippen molar-refractivity contribution in [3.63, 3.8) is 0 Å². The van der Waals surface area contributed by atoms with Gasteiger partial charge in [-0.2, -0.15) is 0 Å². The second-order valence-corrected chi connectivity index (χ2v) is 5.94. The van der Waals surface area contributed by atoms with E-state index in [1.807, 2.05) is 38.1 Å². The van der Waals surface area contributed by atoms with E-state index in [-0.39, 0.29) is 11.9 Å². The molecule has 2 nitrogen and oxygen atoms in total. The number of hydrogen-bond acceptors (Lipinski definition) is 1. The van der Waals surface area contributed by atoms with Gasteiger partial charge in [0.2, 0.25) is 0 Å². The molecule has 0 bridgehead atoms. The third-order valence-electron chi connectivity index (χ3n) is 4.28. The van der Waals surface area contributed by atoms with Crippen LogP contribution in [-0.2, 0) is 12.8 Å². The Bertz CT molecular complexity index is 658. The Morgan fingerprint density at radius 1 is 1.05 bits per heavy atom. The van der Waals surface area contributed by atoms with E-state index in [0.29, 0.717) is 5.56 Å². The summed E-state index contributed by atoms with van der Waals surface area (Å²) in [7, 11) is 0. The van der Waals surface area contributed by atoms with E-state index in [9.17, 15) is 4.79 Å². The molecule has 108 valence electrons. The number of carbonyl (C=O) groups excluding carboxylic acids is 1. The molecule has 1 amide bonds. The predicted octanol–water partition coefficient (Wildman–Crippen LogP) is 3.97. The van der Waals surface area contributed by atoms with Crippen LogP contribution in [0.5, 0.6) is 0 Å². The molecule has 0 radical (unpaired) electrons. The van der Waals surface area contributed by atoms with E-state index >= 15 is 0 Å². The molecule has 0 heterocycles. The molecule has 0 aliphatic heterocycles. The zero-order chi connectivity index (χ0) is 14.8. The first-order valence-corrected chi connectivity index (χ1v) is 7.63. The number of aryl methyl sites for hydroxylation is 3. The molecule has 0 saturated heterocycles. The van der Waals surface area contributed by atoms with Gasteiger partial charge in [-0.15, -0.1) is 0 Å². The number of benzene rings is 2. The van der Waals surface area contributed by atoms with Crippen molar-refractivity contribution in [1.29, 1.82) is 0 Å². The van der Waals surface area contributed by atoms with E-state index < -0.39 is 0 Å². The maximum absolute atomic E-state index is 12.3. The first kappa shape index (κ1) is 13.9. The summed E-state index contributed by atoms with van der Waals surface area (Å²) in [4.78, 5) is 12.3. The first-order chi connectivity index (χ1) is 10.1. The van der Waals surface area contributed by atoms with Gasteiger partial charge in [-0.05, 0) is 61.9 Å². The van der Waals surface area contributed by atoms with Gasteiger partial charge in [-0.3, -0.25) is 4.79 Å². The normalized spacial score (nSPS) is 14.6. The van der Waals surface area contributed by atoms with E-state index in [0.717, 1.165) is 0 Å². The van der Waals surface area contributed by atoms with Crippen LogP contribution >= 0.6 is 0 Å². The predicted molar refractivity (Wildman–Crippen MR) is 85.5 cm³/mol. The van der Waals surface area contributed by atoms with Gasteiger partial charge in [0, 0.05) is 5.56 Å². The summed E-state index contributed by atoms with van der Waals surface area (Å²) >= 11 is 0. The van der Waals surface area contributed by atoms with E-state index in [1.165, 1.54) is 41.5 Å². The van der Waals surface area contributed by atoms with Crippen molar-refractivity contribution in [3.8, 4) is 0 Å². The van der Waals surface area contributed by atoms with Gasteiger partial charge >= 0.3 is 0 Å². The molecule has 0 unspecified atom stereocenters. The van der Waals surface area contributed by atoms with Crippen LogP contribution in [-0.4, -0.2) is 5.91 Å². The topological polar surface area (TPSA) is 29.1 Å². The lowest BCUT2D eigenvalue weighted by Crippen LogP contribution is -2.26. The average Bonchev–Trinajstić information content (AvgIpc) is 2.95. The standard InChI is InChI=1S/C19H21NO/c1-13-6-8-16(9-7-13)19(21)20-14(2)17-11-10-15-4-3-5-18(15)12-17/h6-12,14H,3-5H2,1-2H3,(H,20,21)/t14-/m1/s1. The van der Waals surface area contributed by atoms with Crippen molar-refractivity contribution < 1.29 is 4.79 Å². The molecular weight excluding hydrogens is 258 g/mol. The van der Waals surface area contributed by atoms with Crippen LogP contribution in [0, 0.1) is 6.92 Å². The fraction of sp³-hybridized carbons (Fsp3) is 0.316. The first-order valence-electron chi connectivity index (χ1n) is 7.63. The van der Waals surface area contributed by atoms with Gasteiger partial charge in [0.1, 0.15) is 0 Å². The highest BCUT2D eigenvalue weighted by Gasteiger charge is 2.15. The van der Waals surface area contributed by atoms with Crippen LogP contribution in [0.1, 0.15) is 52.0 Å². The Morgan fingerprint density at radius 2 is 1.76 bits per heavy atom. The number of fused-ring (bicyclic) bond motifs is 1. The van der Waals surface area contributed by atoms with E-state index in [1.54, 1.807) is 0 Å². The van der Waals surface area contributed by atoms with Crippen LogP contribution in [0.4, 0.5) is 0 Å². The maximum atomic E-state index is 12.3. The summed E-state index contributed by atoms with van der Waals surface area (Å²) in [5, 5.41) is 3.08. The van der Waals surface area contributed by atoms with Crippen LogP contribution in [0.2, 0.25) is 0 Å². The molecule has 21 heavy (non-hydrogen) atoms. The van der Waals surface area contributed by atoms with Crippen molar-refractivity contribution in [2.24, 2.45) is 0 Å². The monoisotopic (exact) mass is 279 g/mol. The number of amides is 1. The minimum absolute atomic E-state index is 0.0111. The summed E-state index contributed by atoms with van der Waals surface area (Å²) in [6, 6.07) is 14.3. The summed E-state index contributed by atoms with van der Waals surface area (Å²) in [6.07, 6.45) is 3.62. The molecule has 3 rings (SSSR count). The minimum Gasteiger partial charge on any atom is -0.346 e. The quantitative estimate of drug-likeness (QED) is 0.905. The fourth-order valence-electron chi connectivity index (χ4n) is 2.93. The summed E-state index contributed by atoms with van der Waals surface area (Å²) in [5.74, 6) is -0.0111. The molecule has 0 spiro atoms. The molecule has 2 heteroatoms. The molecule has 1 N–H and O–H groups in total. The lowest BCUT2D eigenvalue weighted by Gasteiger charge is -2.16. The molecule has 0 aromatic heterocycles. The summed E-state index contributed by atoms with van der Waals surface area (Å²) in [6.45, 7) is 4.07. The Hall–Kier alpha value is -2.09. The van der Waals surface area contributed by atoms with Crippen molar-refractivity contribution in [2.75, 3.05) is 0 Å². The zero-order valence-electron chi connectivity index (χ0n) is 12.6. The zero-order valence-corrected chi connectivity index (χ0v) is 12.6. The van der Waals surface area contributed by atoms with Gasteiger partial charge < -0.3 is 5.32 Å². The van der Waals surface area contributed by atoms with Crippen molar-refractivity contribution in [2.45, 2.75) is 39.2 Å². The van der Waals surface area contributed by atoms with Crippen LogP contribution in [0.25, 0.3) is 0 Å². The third kappa shape index (κ3) is 2.99. The van der Waals surface area contributed by atoms with Gasteiger partial charge in [-0.25, -0.2) is 0 Å². The van der Waals surface area contributed by atoms with E-state index in [2.05, 4.69) is 23.5 Å². The maximum Gasteiger partial charge on any atom is 0.251 e. The minimum atomic E-state index is -0.0111. The Kier molecular flexibility index (Phi) is 3.78. The molecule has 1 atom stereocenters. The molecule has 2 aromatic rings. The van der Waals surface area contributed by atoms with Gasteiger partial charge in [0.25, 0.3) is 5.91 Å². The smallest absolute Gasteiger partial charge is 0.251 e. The Balaban J connectivity index is 1.72. The molecular formula is C19H21NO. The van der Waals surface area contributed by atoms with Gasteiger partial charge in [0.05, 0.1) is 6.04 Å². The second kappa shape index (κ2) is 5.72. The third-order valence-corrected chi connectivity index (χ3v) is 4.28. The second-order valence-electron chi connectivity index (χ2n) is 5.94. The average molecular weight is 279 g/mol. The van der Waals surface area contributed by atoms with Crippen molar-refractivity contribution >= 4 is 5.91 Å². The SMILES string of the molecule is Cc1ccc(C(=O)N[C@H](C)c2ccc3c(c2)CCC3)cc1. The van der Waals surface area contributed by atoms with Crippen molar-refractivity contribution in [3.05, 3.63) is 70.3 Å². The Morgan fingerprint density at radius 3 is 2.52 bits per heavy atom. The number of rotatable bonds is 3. The highest BCUT2D eigenvalue weighted by Crippen LogP contribution is 2.25. The number of carbonyl (C=O) groups is 1. The number of hydrogen-bond donors (Lipinski definition) is 1. The number of nitrogens with one attached hydrogen (secondary N) is 1. The lowest BCUT2D eigenvalue weighted by molar-refractivity contribution is 0.0940. The highest BCUT2D eigenvalue weighted by molar-refractivity contribution is 5.94. The summed E-state index contributed by atoms with van der Waals surface area (Å²) < 4.78 is 0. The summed E-state index contributed by atoms with van der Waals surface area (Å²) in [5.41, 5.74) is 5.99. The van der Waals surface area contributed by atoms with Crippen LogP contribution in [0.15, 0.2) is 42.5 Å². The molecule has 0 fully saturated rings. The lowest BCUT2D eigenvalue weighted by atomic mass is 10.0. The Labute approximate surface area is 126 Å². The molecule has 1 aliphatic carbocycles. The van der Waals surface area contributed by atoms with Crippen molar-refractivity contribution in [1.82, 2.24) is 5.32 Å². The van der Waals surface area contributed by atoms with E-state index in [4.69, 9.17) is 0 Å². The van der Waals surface area contributed by atoms with Gasteiger partial charge in [-0.1, -0.05) is 35.9 Å². The highest BCUT2D eigenvalue weighted by atomic mass is 16.1.